The lowest BCUT2D eigenvalue weighted by molar-refractivity contribution is 0.136. The van der Waals surface area contributed by atoms with Gasteiger partial charge in [0.25, 0.3) is 0 Å². The molecule has 0 amide bonds. The zero-order valence-corrected chi connectivity index (χ0v) is 13.0. The lowest BCUT2D eigenvalue weighted by Gasteiger charge is -2.37. The minimum Gasteiger partial charge on any atom is -0.313 e. The van der Waals surface area contributed by atoms with Crippen LogP contribution in [0.4, 0.5) is 0 Å². The SMILES string of the molecule is CCCNC1CCCN(CCC2CCCCN2C)C1. The van der Waals surface area contributed by atoms with Gasteiger partial charge in [-0.1, -0.05) is 13.3 Å². The van der Waals surface area contributed by atoms with Gasteiger partial charge in [-0.15, -0.1) is 0 Å². The van der Waals surface area contributed by atoms with E-state index in [4.69, 9.17) is 0 Å². The first-order valence-corrected chi connectivity index (χ1v) is 8.45. The Morgan fingerprint density at radius 1 is 1.11 bits per heavy atom. The smallest absolute Gasteiger partial charge is 0.0195 e. The number of piperidine rings is 2. The highest BCUT2D eigenvalue weighted by Gasteiger charge is 2.22. The van der Waals surface area contributed by atoms with E-state index in [1.54, 1.807) is 0 Å². The molecule has 2 fully saturated rings. The Hall–Kier alpha value is -0.120. The van der Waals surface area contributed by atoms with Gasteiger partial charge in [0.15, 0.2) is 0 Å². The highest BCUT2D eigenvalue weighted by molar-refractivity contribution is 4.80. The van der Waals surface area contributed by atoms with Crippen molar-refractivity contribution in [2.24, 2.45) is 0 Å². The van der Waals surface area contributed by atoms with E-state index in [0.29, 0.717) is 0 Å². The minimum absolute atomic E-state index is 0.748. The van der Waals surface area contributed by atoms with Crippen LogP contribution in [0.3, 0.4) is 0 Å². The molecule has 0 spiro atoms. The summed E-state index contributed by atoms with van der Waals surface area (Å²) < 4.78 is 0. The maximum Gasteiger partial charge on any atom is 0.0195 e. The van der Waals surface area contributed by atoms with Crippen LogP contribution in [0, 0.1) is 0 Å². The third-order valence-electron chi connectivity index (χ3n) is 4.89. The first-order chi connectivity index (χ1) is 9.29. The lowest BCUT2D eigenvalue weighted by Crippen LogP contribution is -2.47. The number of hydrogen-bond donors (Lipinski definition) is 1. The molecule has 2 aliphatic rings. The quantitative estimate of drug-likeness (QED) is 0.797. The molecule has 2 atom stereocenters. The fourth-order valence-electron chi connectivity index (χ4n) is 3.61. The van der Waals surface area contributed by atoms with E-state index in [1.807, 2.05) is 0 Å². The average Bonchev–Trinajstić information content (AvgIpc) is 2.45. The molecule has 0 aliphatic carbocycles. The monoisotopic (exact) mass is 267 g/mol. The zero-order chi connectivity index (χ0) is 13.5. The molecule has 3 heteroatoms. The second kappa shape index (κ2) is 8.23. The second-order valence-corrected chi connectivity index (χ2v) is 6.51. The molecule has 0 saturated carbocycles. The summed E-state index contributed by atoms with van der Waals surface area (Å²) >= 11 is 0. The normalized spacial score (nSPS) is 30.6. The number of likely N-dealkylation sites (tertiary alicyclic amines) is 2. The highest BCUT2D eigenvalue weighted by Crippen LogP contribution is 2.19. The fourth-order valence-corrected chi connectivity index (χ4v) is 3.61. The number of rotatable bonds is 6. The van der Waals surface area contributed by atoms with Gasteiger partial charge in [0, 0.05) is 18.6 Å². The first kappa shape index (κ1) is 15.3. The van der Waals surface area contributed by atoms with Crippen molar-refractivity contribution in [3.63, 3.8) is 0 Å². The Morgan fingerprint density at radius 3 is 2.79 bits per heavy atom. The van der Waals surface area contributed by atoms with Crippen LogP contribution in [0.15, 0.2) is 0 Å². The van der Waals surface area contributed by atoms with E-state index in [0.717, 1.165) is 12.1 Å². The molecule has 0 aromatic heterocycles. The van der Waals surface area contributed by atoms with Crippen LogP contribution in [-0.4, -0.2) is 61.7 Å². The second-order valence-electron chi connectivity index (χ2n) is 6.51. The summed E-state index contributed by atoms with van der Waals surface area (Å²) in [5.74, 6) is 0. The van der Waals surface area contributed by atoms with Crippen molar-refractivity contribution in [1.82, 2.24) is 15.1 Å². The molecule has 3 nitrogen and oxygen atoms in total. The van der Waals surface area contributed by atoms with Crippen LogP contribution < -0.4 is 5.32 Å². The summed E-state index contributed by atoms with van der Waals surface area (Å²) in [6.45, 7) is 8.65. The standard InChI is InChI=1S/C16H33N3/c1-3-10-17-15-7-6-12-19(14-15)13-9-16-8-4-5-11-18(16)2/h15-17H,3-14H2,1-2H3. The molecule has 0 bridgehead atoms. The van der Waals surface area contributed by atoms with Crippen LogP contribution in [0.2, 0.25) is 0 Å². The fraction of sp³-hybridized carbons (Fsp3) is 1.00. The molecule has 0 radical (unpaired) electrons. The van der Waals surface area contributed by atoms with E-state index in [-0.39, 0.29) is 0 Å². The average molecular weight is 267 g/mol. The predicted molar refractivity (Wildman–Crippen MR) is 82.6 cm³/mol. The number of hydrogen-bond acceptors (Lipinski definition) is 3. The largest absolute Gasteiger partial charge is 0.313 e. The Bertz CT molecular complexity index is 244. The molecule has 2 saturated heterocycles. The van der Waals surface area contributed by atoms with Crippen molar-refractivity contribution < 1.29 is 0 Å². The molecule has 0 aromatic rings. The maximum absolute atomic E-state index is 3.70. The molecule has 2 rings (SSSR count). The van der Waals surface area contributed by atoms with Crippen molar-refractivity contribution in [2.45, 2.75) is 64.0 Å². The molecular formula is C16H33N3. The van der Waals surface area contributed by atoms with Gasteiger partial charge in [-0.05, 0) is 71.8 Å². The molecule has 112 valence electrons. The van der Waals surface area contributed by atoms with Gasteiger partial charge in [-0.25, -0.2) is 0 Å². The highest BCUT2D eigenvalue weighted by atomic mass is 15.2. The van der Waals surface area contributed by atoms with Crippen molar-refractivity contribution in [1.29, 1.82) is 0 Å². The first-order valence-electron chi connectivity index (χ1n) is 8.45. The van der Waals surface area contributed by atoms with Gasteiger partial charge in [-0.3, -0.25) is 0 Å². The summed E-state index contributed by atoms with van der Waals surface area (Å²) in [5.41, 5.74) is 0. The minimum atomic E-state index is 0.748. The van der Waals surface area contributed by atoms with Crippen LogP contribution in [0.25, 0.3) is 0 Å². The lowest BCUT2D eigenvalue weighted by atomic mass is 9.99. The van der Waals surface area contributed by atoms with Crippen LogP contribution >= 0.6 is 0 Å². The number of nitrogens with zero attached hydrogens (tertiary/aromatic N) is 2. The van der Waals surface area contributed by atoms with E-state index >= 15 is 0 Å². The summed E-state index contributed by atoms with van der Waals surface area (Å²) in [6.07, 6.45) is 9.64. The predicted octanol–water partition coefficient (Wildman–Crippen LogP) is 2.32. The maximum atomic E-state index is 3.70. The van der Waals surface area contributed by atoms with E-state index in [1.165, 1.54) is 77.7 Å². The molecular weight excluding hydrogens is 234 g/mol. The number of nitrogens with one attached hydrogen (secondary N) is 1. The van der Waals surface area contributed by atoms with Gasteiger partial charge in [0.05, 0.1) is 0 Å². The summed E-state index contributed by atoms with van der Waals surface area (Å²) in [6, 6.07) is 1.59. The third kappa shape index (κ3) is 5.05. The van der Waals surface area contributed by atoms with Gasteiger partial charge >= 0.3 is 0 Å². The molecule has 2 unspecified atom stereocenters. The molecule has 2 aliphatic heterocycles. The molecule has 1 N–H and O–H groups in total. The van der Waals surface area contributed by atoms with Gasteiger partial charge in [0.1, 0.15) is 0 Å². The molecule has 19 heavy (non-hydrogen) atoms. The zero-order valence-electron chi connectivity index (χ0n) is 13.0. The summed E-state index contributed by atoms with van der Waals surface area (Å²) in [7, 11) is 2.31. The summed E-state index contributed by atoms with van der Waals surface area (Å²) in [5, 5.41) is 3.70. The Labute approximate surface area is 119 Å². The van der Waals surface area contributed by atoms with E-state index < -0.39 is 0 Å². The van der Waals surface area contributed by atoms with Crippen molar-refractivity contribution in [3.8, 4) is 0 Å². The van der Waals surface area contributed by atoms with E-state index in [2.05, 4.69) is 29.1 Å². The van der Waals surface area contributed by atoms with Gasteiger partial charge < -0.3 is 15.1 Å². The van der Waals surface area contributed by atoms with Crippen molar-refractivity contribution in [3.05, 3.63) is 0 Å². The Kier molecular flexibility index (Phi) is 6.62. The Morgan fingerprint density at radius 2 is 2.00 bits per heavy atom. The van der Waals surface area contributed by atoms with Crippen LogP contribution in [0.1, 0.15) is 51.9 Å². The van der Waals surface area contributed by atoms with E-state index in [9.17, 15) is 0 Å². The van der Waals surface area contributed by atoms with Crippen LogP contribution in [0.5, 0.6) is 0 Å². The Balaban J connectivity index is 1.67. The molecule has 2 heterocycles. The summed E-state index contributed by atoms with van der Waals surface area (Å²) in [4.78, 5) is 5.28. The van der Waals surface area contributed by atoms with Crippen LogP contribution in [-0.2, 0) is 0 Å². The molecule has 0 aromatic carbocycles. The van der Waals surface area contributed by atoms with Crippen molar-refractivity contribution >= 4 is 0 Å². The van der Waals surface area contributed by atoms with Gasteiger partial charge in [-0.2, -0.15) is 0 Å². The third-order valence-corrected chi connectivity index (χ3v) is 4.89. The van der Waals surface area contributed by atoms with Gasteiger partial charge in [0.2, 0.25) is 0 Å². The topological polar surface area (TPSA) is 18.5 Å². The van der Waals surface area contributed by atoms with Crippen molar-refractivity contribution in [2.75, 3.05) is 39.8 Å².